The van der Waals surface area contributed by atoms with Crippen LogP contribution in [0.15, 0.2) is 41.2 Å². The van der Waals surface area contributed by atoms with Gasteiger partial charge in [0.25, 0.3) is 11.5 Å². The van der Waals surface area contributed by atoms with E-state index in [4.69, 9.17) is 0 Å². The molecule has 0 saturated heterocycles. The summed E-state index contributed by atoms with van der Waals surface area (Å²) in [6.07, 6.45) is 2.34. The number of rotatable bonds is 4. The van der Waals surface area contributed by atoms with Gasteiger partial charge in [0, 0.05) is 18.8 Å². The third kappa shape index (κ3) is 3.21. The number of pyridine rings is 1. The van der Waals surface area contributed by atoms with Crippen molar-refractivity contribution in [2.24, 2.45) is 5.92 Å². The molecule has 3 rings (SSSR count). The van der Waals surface area contributed by atoms with Crippen LogP contribution in [0.1, 0.15) is 35.7 Å². The molecule has 1 aliphatic rings. The van der Waals surface area contributed by atoms with Crippen LogP contribution in [0.3, 0.4) is 0 Å². The molecule has 1 amide bonds. The van der Waals surface area contributed by atoms with E-state index in [0.29, 0.717) is 5.92 Å². The summed E-state index contributed by atoms with van der Waals surface area (Å²) in [6, 6.07) is 11.5. The van der Waals surface area contributed by atoms with Crippen LogP contribution in [-0.4, -0.2) is 28.9 Å². The van der Waals surface area contributed by atoms with Crippen molar-refractivity contribution in [1.29, 1.82) is 0 Å². The first-order valence-electron chi connectivity index (χ1n) is 8.05. The third-order valence-electron chi connectivity index (χ3n) is 4.70. The summed E-state index contributed by atoms with van der Waals surface area (Å²) in [6.45, 7) is 4.05. The van der Waals surface area contributed by atoms with E-state index in [2.05, 4.69) is 4.98 Å². The maximum atomic E-state index is 12.5. The zero-order valence-electron chi connectivity index (χ0n) is 13.8. The van der Waals surface area contributed by atoms with Crippen molar-refractivity contribution >= 4 is 5.91 Å². The molecule has 0 unspecified atom stereocenters. The molecule has 1 fully saturated rings. The van der Waals surface area contributed by atoms with Gasteiger partial charge in [-0.15, -0.1) is 0 Å². The molecule has 23 heavy (non-hydrogen) atoms. The van der Waals surface area contributed by atoms with Gasteiger partial charge in [-0.3, -0.25) is 9.59 Å². The Kier molecular flexibility index (Phi) is 4.07. The van der Waals surface area contributed by atoms with Crippen molar-refractivity contribution in [1.82, 2.24) is 9.88 Å². The number of benzene rings is 1. The summed E-state index contributed by atoms with van der Waals surface area (Å²) in [5.74, 6) is 0.371. The fraction of sp³-hybridized carbons (Fsp3) is 0.368. The van der Waals surface area contributed by atoms with E-state index in [1.807, 2.05) is 38.1 Å². The number of nitrogens with one attached hydrogen (secondary N) is 1. The van der Waals surface area contributed by atoms with Gasteiger partial charge in [-0.25, -0.2) is 0 Å². The van der Waals surface area contributed by atoms with Crippen molar-refractivity contribution in [3.05, 3.63) is 57.9 Å². The highest BCUT2D eigenvalue weighted by molar-refractivity contribution is 5.94. The van der Waals surface area contributed by atoms with E-state index >= 15 is 0 Å². The third-order valence-corrected chi connectivity index (χ3v) is 4.70. The molecule has 1 atom stereocenters. The van der Waals surface area contributed by atoms with E-state index in [9.17, 15) is 9.59 Å². The summed E-state index contributed by atoms with van der Waals surface area (Å²) >= 11 is 0. The molecule has 1 N–H and O–H groups in total. The van der Waals surface area contributed by atoms with Crippen LogP contribution >= 0.6 is 0 Å². The average Bonchev–Trinajstić information content (AvgIpc) is 3.37. The van der Waals surface area contributed by atoms with Crippen LogP contribution in [0.25, 0.3) is 11.3 Å². The van der Waals surface area contributed by atoms with Crippen molar-refractivity contribution in [3.63, 3.8) is 0 Å². The van der Waals surface area contributed by atoms with Crippen LogP contribution in [0.2, 0.25) is 0 Å². The van der Waals surface area contributed by atoms with Crippen LogP contribution in [0.4, 0.5) is 0 Å². The van der Waals surface area contributed by atoms with E-state index in [1.54, 1.807) is 24.1 Å². The second-order valence-corrected chi connectivity index (χ2v) is 6.48. The molecule has 1 aromatic carbocycles. The van der Waals surface area contributed by atoms with Crippen molar-refractivity contribution in [2.45, 2.75) is 32.7 Å². The molecular formula is C19H22N2O2. The van der Waals surface area contributed by atoms with E-state index in [-0.39, 0.29) is 23.1 Å². The van der Waals surface area contributed by atoms with Crippen molar-refractivity contribution in [2.75, 3.05) is 7.05 Å². The minimum absolute atomic E-state index is 0.179. The molecular weight excluding hydrogens is 288 g/mol. The quantitative estimate of drug-likeness (QED) is 0.942. The number of carbonyl (C=O) groups excluding carboxylic acids is 1. The predicted molar refractivity (Wildman–Crippen MR) is 91.5 cm³/mol. The van der Waals surface area contributed by atoms with Gasteiger partial charge >= 0.3 is 0 Å². The zero-order valence-corrected chi connectivity index (χ0v) is 13.8. The zero-order chi connectivity index (χ0) is 16.6. The average molecular weight is 310 g/mol. The van der Waals surface area contributed by atoms with Crippen molar-refractivity contribution < 1.29 is 4.79 Å². The normalized spacial score (nSPS) is 15.3. The standard InChI is InChI=1S/C19H22N2O2/c1-12-5-4-6-15(11-12)17-10-9-16(18(22)20-17)19(23)21(3)13(2)14-7-8-14/h4-6,9-11,13-14H,7-8H2,1-3H3,(H,20,22)/t13-/m1/s1. The number of aromatic amines is 1. The molecule has 1 saturated carbocycles. The Morgan fingerprint density at radius 1 is 1.26 bits per heavy atom. The lowest BCUT2D eigenvalue weighted by Gasteiger charge is -2.24. The van der Waals surface area contributed by atoms with Gasteiger partial charge in [0.1, 0.15) is 5.56 Å². The maximum absolute atomic E-state index is 12.5. The van der Waals surface area contributed by atoms with Gasteiger partial charge in [0.2, 0.25) is 0 Å². The van der Waals surface area contributed by atoms with E-state index in [1.165, 1.54) is 12.8 Å². The van der Waals surface area contributed by atoms with E-state index in [0.717, 1.165) is 16.8 Å². The molecule has 0 bridgehead atoms. The molecule has 4 heteroatoms. The summed E-state index contributed by atoms with van der Waals surface area (Å²) in [7, 11) is 1.78. The molecule has 0 aliphatic heterocycles. The molecule has 2 aromatic rings. The SMILES string of the molecule is Cc1cccc(-c2ccc(C(=O)N(C)[C@H](C)C3CC3)c(=O)[nH]2)c1. The number of carbonyl (C=O) groups is 1. The Hall–Kier alpha value is -2.36. The summed E-state index contributed by atoms with van der Waals surface area (Å²) in [4.78, 5) is 29.4. The molecule has 120 valence electrons. The minimum Gasteiger partial charge on any atom is -0.339 e. The number of amides is 1. The molecule has 0 spiro atoms. The van der Waals surface area contributed by atoms with Crippen LogP contribution in [0, 0.1) is 12.8 Å². The second kappa shape index (κ2) is 6.03. The number of hydrogen-bond acceptors (Lipinski definition) is 2. The first-order valence-corrected chi connectivity index (χ1v) is 8.05. The number of nitrogens with zero attached hydrogens (tertiary/aromatic N) is 1. The Morgan fingerprint density at radius 3 is 2.61 bits per heavy atom. The largest absolute Gasteiger partial charge is 0.339 e. The minimum atomic E-state index is -0.330. The number of hydrogen-bond donors (Lipinski definition) is 1. The molecule has 1 aliphatic carbocycles. The lowest BCUT2D eigenvalue weighted by atomic mass is 10.1. The monoisotopic (exact) mass is 310 g/mol. The summed E-state index contributed by atoms with van der Waals surface area (Å²) in [5, 5.41) is 0. The lowest BCUT2D eigenvalue weighted by Crippen LogP contribution is -2.39. The first-order chi connectivity index (χ1) is 11.0. The van der Waals surface area contributed by atoms with Crippen LogP contribution < -0.4 is 5.56 Å². The predicted octanol–water partition coefficient (Wildman–Crippen LogP) is 3.22. The van der Waals surface area contributed by atoms with Crippen molar-refractivity contribution in [3.8, 4) is 11.3 Å². The first kappa shape index (κ1) is 15.5. The molecule has 1 heterocycles. The van der Waals surface area contributed by atoms with E-state index < -0.39 is 0 Å². The summed E-state index contributed by atoms with van der Waals surface area (Å²) < 4.78 is 0. The Morgan fingerprint density at radius 2 is 2.00 bits per heavy atom. The van der Waals surface area contributed by atoms with Gasteiger partial charge < -0.3 is 9.88 Å². The van der Waals surface area contributed by atoms with Gasteiger partial charge in [0.15, 0.2) is 0 Å². The lowest BCUT2D eigenvalue weighted by molar-refractivity contribution is 0.0725. The molecule has 0 radical (unpaired) electrons. The Bertz CT molecular complexity index is 790. The van der Waals surface area contributed by atoms with Crippen LogP contribution in [-0.2, 0) is 0 Å². The summed E-state index contributed by atoms with van der Waals surface area (Å²) in [5.41, 5.74) is 2.68. The van der Waals surface area contributed by atoms with Gasteiger partial charge in [-0.1, -0.05) is 23.8 Å². The highest BCUT2D eigenvalue weighted by Crippen LogP contribution is 2.34. The number of H-pyrrole nitrogens is 1. The van der Waals surface area contributed by atoms with Gasteiger partial charge in [-0.05, 0) is 56.4 Å². The highest BCUT2D eigenvalue weighted by Gasteiger charge is 2.33. The number of aromatic nitrogens is 1. The smallest absolute Gasteiger partial charge is 0.261 e. The Balaban J connectivity index is 1.87. The van der Waals surface area contributed by atoms with Gasteiger partial charge in [-0.2, -0.15) is 0 Å². The fourth-order valence-electron chi connectivity index (χ4n) is 2.89. The molecule has 4 nitrogen and oxygen atoms in total. The van der Waals surface area contributed by atoms with Gasteiger partial charge in [0.05, 0.1) is 0 Å². The topological polar surface area (TPSA) is 53.2 Å². The number of aryl methyl sites for hydroxylation is 1. The van der Waals surface area contributed by atoms with Crippen LogP contribution in [0.5, 0.6) is 0 Å². The molecule has 1 aromatic heterocycles. The fourth-order valence-corrected chi connectivity index (χ4v) is 2.89. The second-order valence-electron chi connectivity index (χ2n) is 6.48. The Labute approximate surface area is 136 Å². The maximum Gasteiger partial charge on any atom is 0.261 e. The highest BCUT2D eigenvalue weighted by atomic mass is 16.2.